The predicted octanol–water partition coefficient (Wildman–Crippen LogP) is 0.817. The lowest BCUT2D eigenvalue weighted by molar-refractivity contribution is 1.37. The summed E-state index contributed by atoms with van der Waals surface area (Å²) in [6.45, 7) is 0. The molecular formula is C6H8N2. The zero-order chi connectivity index (χ0) is 5.82. The summed E-state index contributed by atoms with van der Waals surface area (Å²) >= 11 is 0. The van der Waals surface area contributed by atoms with Crippen molar-refractivity contribution in [2.45, 2.75) is 6.42 Å². The van der Waals surface area contributed by atoms with E-state index in [1.807, 2.05) is 12.3 Å². The maximum absolute atomic E-state index is 5.43. The van der Waals surface area contributed by atoms with Gasteiger partial charge in [0.05, 0.1) is 0 Å². The van der Waals surface area contributed by atoms with Crippen molar-refractivity contribution in [3.8, 4) is 0 Å². The van der Waals surface area contributed by atoms with Gasteiger partial charge in [-0.15, -0.1) is 0 Å². The van der Waals surface area contributed by atoms with Crippen molar-refractivity contribution in [1.29, 1.82) is 0 Å². The van der Waals surface area contributed by atoms with E-state index in [0.717, 1.165) is 12.1 Å². The van der Waals surface area contributed by atoms with E-state index in [9.17, 15) is 0 Å². The minimum absolute atomic E-state index is 0.794. The SMILES string of the molecule is NC1=CCC=NC=C1. The van der Waals surface area contributed by atoms with Crippen molar-refractivity contribution in [3.05, 3.63) is 24.0 Å². The Balaban J connectivity index is 2.69. The molecule has 1 aliphatic heterocycles. The second-order valence-electron chi connectivity index (χ2n) is 1.59. The monoisotopic (exact) mass is 108 g/mol. The van der Waals surface area contributed by atoms with Crippen LogP contribution in [0.5, 0.6) is 0 Å². The molecule has 0 saturated carbocycles. The fourth-order valence-electron chi connectivity index (χ4n) is 0.508. The van der Waals surface area contributed by atoms with Crippen LogP contribution in [-0.2, 0) is 0 Å². The van der Waals surface area contributed by atoms with Gasteiger partial charge in [0, 0.05) is 24.5 Å². The third kappa shape index (κ3) is 1.22. The van der Waals surface area contributed by atoms with E-state index in [0.29, 0.717) is 0 Å². The minimum atomic E-state index is 0.794. The van der Waals surface area contributed by atoms with Gasteiger partial charge in [-0.25, -0.2) is 0 Å². The lowest BCUT2D eigenvalue weighted by atomic mass is 10.3. The molecule has 0 radical (unpaired) electrons. The average Bonchev–Trinajstić information content (AvgIpc) is 1.94. The van der Waals surface area contributed by atoms with E-state index in [1.165, 1.54) is 0 Å². The molecule has 2 N–H and O–H groups in total. The van der Waals surface area contributed by atoms with E-state index in [2.05, 4.69) is 4.99 Å². The van der Waals surface area contributed by atoms with Crippen LogP contribution in [0.3, 0.4) is 0 Å². The fourth-order valence-corrected chi connectivity index (χ4v) is 0.508. The minimum Gasteiger partial charge on any atom is -0.399 e. The zero-order valence-electron chi connectivity index (χ0n) is 4.54. The molecule has 0 atom stereocenters. The maximum Gasteiger partial charge on any atom is 0.0292 e. The predicted molar refractivity (Wildman–Crippen MR) is 34.5 cm³/mol. The van der Waals surface area contributed by atoms with Gasteiger partial charge < -0.3 is 5.73 Å². The average molecular weight is 108 g/mol. The summed E-state index contributed by atoms with van der Waals surface area (Å²) in [4.78, 5) is 3.88. The summed E-state index contributed by atoms with van der Waals surface area (Å²) < 4.78 is 0. The number of nitrogens with two attached hydrogens (primary N) is 1. The van der Waals surface area contributed by atoms with Crippen LogP contribution in [0.1, 0.15) is 6.42 Å². The van der Waals surface area contributed by atoms with Gasteiger partial charge in [-0.2, -0.15) is 0 Å². The third-order valence-corrected chi connectivity index (χ3v) is 0.917. The smallest absolute Gasteiger partial charge is 0.0292 e. The van der Waals surface area contributed by atoms with Crippen molar-refractivity contribution < 1.29 is 0 Å². The zero-order valence-corrected chi connectivity index (χ0v) is 4.54. The molecule has 1 rings (SSSR count). The summed E-state index contributed by atoms with van der Waals surface area (Å²) in [5.41, 5.74) is 6.22. The molecule has 0 aromatic carbocycles. The quantitative estimate of drug-likeness (QED) is 0.490. The molecule has 0 aliphatic carbocycles. The first-order valence-electron chi connectivity index (χ1n) is 2.53. The van der Waals surface area contributed by atoms with Crippen LogP contribution in [0.4, 0.5) is 0 Å². The van der Waals surface area contributed by atoms with Gasteiger partial charge in [-0.05, 0) is 6.08 Å². The topological polar surface area (TPSA) is 38.4 Å². The Kier molecular flexibility index (Phi) is 1.47. The second kappa shape index (κ2) is 2.31. The number of aliphatic imine (C=N–C) groups is 1. The van der Waals surface area contributed by atoms with Crippen LogP contribution in [0.25, 0.3) is 0 Å². The molecule has 0 spiro atoms. The van der Waals surface area contributed by atoms with Crippen LogP contribution in [0.2, 0.25) is 0 Å². The van der Waals surface area contributed by atoms with Gasteiger partial charge in [-0.3, -0.25) is 4.99 Å². The van der Waals surface area contributed by atoms with Gasteiger partial charge in [0.25, 0.3) is 0 Å². The number of rotatable bonds is 0. The molecule has 2 heteroatoms. The highest BCUT2D eigenvalue weighted by Crippen LogP contribution is 1.93. The molecule has 0 bridgehead atoms. The number of hydrogen-bond donors (Lipinski definition) is 1. The van der Waals surface area contributed by atoms with Crippen LogP contribution < -0.4 is 5.73 Å². The van der Waals surface area contributed by atoms with Gasteiger partial charge in [0.1, 0.15) is 0 Å². The van der Waals surface area contributed by atoms with E-state index in [-0.39, 0.29) is 0 Å². The van der Waals surface area contributed by atoms with Crippen LogP contribution in [0, 0.1) is 0 Å². The van der Waals surface area contributed by atoms with Crippen molar-refractivity contribution >= 4 is 6.21 Å². The molecule has 42 valence electrons. The van der Waals surface area contributed by atoms with Crippen molar-refractivity contribution in [2.24, 2.45) is 10.7 Å². The van der Waals surface area contributed by atoms with Gasteiger partial charge >= 0.3 is 0 Å². The highest BCUT2D eigenvalue weighted by Gasteiger charge is 1.82. The Hall–Kier alpha value is -1.05. The standard InChI is InChI=1S/C6H8N2/c7-6-2-1-4-8-5-3-6/h2-5H,1,7H2. The van der Waals surface area contributed by atoms with Crippen LogP contribution in [0.15, 0.2) is 29.0 Å². The van der Waals surface area contributed by atoms with E-state index < -0.39 is 0 Å². The molecular weight excluding hydrogens is 100 g/mol. The van der Waals surface area contributed by atoms with Gasteiger partial charge in [-0.1, -0.05) is 6.08 Å². The van der Waals surface area contributed by atoms with Crippen LogP contribution >= 0.6 is 0 Å². The first-order valence-corrected chi connectivity index (χ1v) is 2.53. The summed E-state index contributed by atoms with van der Waals surface area (Å²) in [6, 6.07) is 0. The third-order valence-electron chi connectivity index (χ3n) is 0.917. The molecule has 0 fully saturated rings. The lowest BCUT2D eigenvalue weighted by Crippen LogP contribution is -1.90. The van der Waals surface area contributed by atoms with Crippen molar-refractivity contribution in [1.82, 2.24) is 0 Å². The highest BCUT2D eigenvalue weighted by molar-refractivity contribution is 5.61. The normalized spacial score (nSPS) is 17.8. The van der Waals surface area contributed by atoms with Crippen molar-refractivity contribution in [2.75, 3.05) is 0 Å². The Morgan fingerprint density at radius 1 is 1.62 bits per heavy atom. The summed E-state index contributed by atoms with van der Waals surface area (Å²) in [6.07, 6.45) is 8.06. The fraction of sp³-hybridized carbons (Fsp3) is 0.167. The maximum atomic E-state index is 5.43. The largest absolute Gasteiger partial charge is 0.399 e. The summed E-state index contributed by atoms with van der Waals surface area (Å²) in [5.74, 6) is 0. The molecule has 1 aliphatic rings. The van der Waals surface area contributed by atoms with Crippen LogP contribution in [-0.4, -0.2) is 6.21 Å². The second-order valence-corrected chi connectivity index (χ2v) is 1.59. The number of hydrogen-bond acceptors (Lipinski definition) is 2. The summed E-state index contributed by atoms with van der Waals surface area (Å²) in [5, 5.41) is 0. The van der Waals surface area contributed by atoms with Gasteiger partial charge in [0.2, 0.25) is 0 Å². The van der Waals surface area contributed by atoms with E-state index in [1.54, 1.807) is 12.3 Å². The molecule has 0 aromatic rings. The Morgan fingerprint density at radius 3 is 3.38 bits per heavy atom. The lowest BCUT2D eigenvalue weighted by Gasteiger charge is -1.83. The van der Waals surface area contributed by atoms with Gasteiger partial charge in [0.15, 0.2) is 0 Å². The number of nitrogens with zero attached hydrogens (tertiary/aromatic N) is 1. The van der Waals surface area contributed by atoms with Crippen molar-refractivity contribution in [3.63, 3.8) is 0 Å². The molecule has 1 heterocycles. The Bertz CT molecular complexity index is 151. The number of allylic oxidation sites excluding steroid dienone is 2. The molecule has 0 aromatic heterocycles. The summed E-state index contributed by atoms with van der Waals surface area (Å²) in [7, 11) is 0. The Labute approximate surface area is 48.4 Å². The highest BCUT2D eigenvalue weighted by atomic mass is 14.7. The molecule has 2 nitrogen and oxygen atoms in total. The van der Waals surface area contributed by atoms with E-state index in [4.69, 9.17) is 5.73 Å². The molecule has 0 saturated heterocycles. The first kappa shape index (κ1) is 5.09. The molecule has 0 amide bonds. The molecule has 0 unspecified atom stereocenters. The Morgan fingerprint density at radius 2 is 2.50 bits per heavy atom. The first-order chi connectivity index (χ1) is 3.89. The molecule has 8 heavy (non-hydrogen) atoms. The van der Waals surface area contributed by atoms with E-state index >= 15 is 0 Å².